The van der Waals surface area contributed by atoms with Crippen molar-refractivity contribution in [2.45, 2.75) is 83.5 Å². The van der Waals surface area contributed by atoms with E-state index in [4.69, 9.17) is 19.9 Å². The summed E-state index contributed by atoms with van der Waals surface area (Å²) in [6.45, 7) is 4.75. The lowest BCUT2D eigenvalue weighted by atomic mass is 9.93. The molecule has 0 aromatic rings. The maximum atomic E-state index is 11.6. The van der Waals surface area contributed by atoms with Crippen molar-refractivity contribution in [3.8, 4) is 0 Å². The van der Waals surface area contributed by atoms with E-state index in [-0.39, 0.29) is 24.7 Å². The number of carbonyl (C=O) groups excluding carboxylic acids is 1. The lowest BCUT2D eigenvalue weighted by Crippen LogP contribution is -2.52. The van der Waals surface area contributed by atoms with E-state index < -0.39 is 12.1 Å². The molecule has 0 bridgehead atoms. The molecule has 0 saturated carbocycles. The molecule has 5 heteroatoms. The fourth-order valence-electron chi connectivity index (χ4n) is 3.28. The van der Waals surface area contributed by atoms with Gasteiger partial charge in [0.15, 0.2) is 6.10 Å². The first-order valence-electron chi connectivity index (χ1n) is 9.84. The van der Waals surface area contributed by atoms with Crippen molar-refractivity contribution >= 4 is 5.97 Å². The Morgan fingerprint density at radius 2 is 1.84 bits per heavy atom. The summed E-state index contributed by atoms with van der Waals surface area (Å²) in [6.07, 6.45) is 13.4. The molecule has 146 valence electrons. The summed E-state index contributed by atoms with van der Waals surface area (Å²) in [7, 11) is 1.65. The van der Waals surface area contributed by atoms with Crippen LogP contribution in [0.2, 0.25) is 0 Å². The van der Waals surface area contributed by atoms with E-state index >= 15 is 0 Å². The summed E-state index contributed by atoms with van der Waals surface area (Å²) in [5.74, 6) is -0.247. The first-order valence-corrected chi connectivity index (χ1v) is 9.84. The molecule has 1 aliphatic heterocycles. The molecule has 1 heterocycles. The van der Waals surface area contributed by atoms with Crippen LogP contribution in [0.25, 0.3) is 0 Å². The molecule has 0 spiro atoms. The van der Waals surface area contributed by atoms with Gasteiger partial charge in [-0.15, -0.1) is 0 Å². The van der Waals surface area contributed by atoms with E-state index in [9.17, 15) is 4.79 Å². The Hall–Kier alpha value is -0.910. The molecule has 1 rings (SSSR count). The predicted octanol–water partition coefficient (Wildman–Crippen LogP) is 3.60. The Morgan fingerprint density at radius 1 is 1.16 bits per heavy atom. The van der Waals surface area contributed by atoms with Gasteiger partial charge in [-0.1, -0.05) is 64.5 Å². The third-order valence-corrected chi connectivity index (χ3v) is 4.77. The lowest BCUT2D eigenvalue weighted by Gasteiger charge is -2.39. The first kappa shape index (κ1) is 22.1. The Morgan fingerprint density at radius 3 is 2.48 bits per heavy atom. The molecule has 5 nitrogen and oxygen atoms in total. The van der Waals surface area contributed by atoms with E-state index in [1.54, 1.807) is 7.11 Å². The van der Waals surface area contributed by atoms with E-state index in [1.807, 2.05) is 13.0 Å². The zero-order chi connectivity index (χ0) is 18.5. The molecule has 0 aromatic heterocycles. The number of esters is 1. The van der Waals surface area contributed by atoms with Crippen LogP contribution in [0.4, 0.5) is 0 Å². The van der Waals surface area contributed by atoms with E-state index in [0.717, 1.165) is 6.42 Å². The van der Waals surface area contributed by atoms with Gasteiger partial charge in [0.05, 0.1) is 13.2 Å². The van der Waals surface area contributed by atoms with Crippen molar-refractivity contribution in [3.05, 3.63) is 12.2 Å². The number of methoxy groups -OCH3 is 1. The summed E-state index contributed by atoms with van der Waals surface area (Å²) < 4.78 is 16.9. The van der Waals surface area contributed by atoms with Gasteiger partial charge < -0.3 is 19.9 Å². The summed E-state index contributed by atoms with van der Waals surface area (Å²) in [5.41, 5.74) is 5.38. The van der Waals surface area contributed by atoms with E-state index in [2.05, 4.69) is 13.0 Å². The van der Waals surface area contributed by atoms with Crippen LogP contribution in [0.3, 0.4) is 0 Å². The Balaban J connectivity index is 2.40. The van der Waals surface area contributed by atoms with Crippen molar-refractivity contribution in [1.29, 1.82) is 0 Å². The maximum absolute atomic E-state index is 11.6. The van der Waals surface area contributed by atoms with E-state index in [1.165, 1.54) is 44.9 Å². The largest absolute Gasteiger partial charge is 0.455 e. The van der Waals surface area contributed by atoms with Gasteiger partial charge in [0.25, 0.3) is 0 Å². The van der Waals surface area contributed by atoms with Gasteiger partial charge in [0, 0.05) is 13.0 Å². The first-order chi connectivity index (χ1) is 12.1. The fourth-order valence-corrected chi connectivity index (χ4v) is 3.28. The van der Waals surface area contributed by atoms with Gasteiger partial charge in [-0.25, -0.2) is 0 Å². The number of allylic oxidation sites excluding steroid dienone is 1. The second kappa shape index (κ2) is 13.3. The predicted molar refractivity (Wildman–Crippen MR) is 100 cm³/mol. The van der Waals surface area contributed by atoms with Crippen molar-refractivity contribution < 1.29 is 19.0 Å². The van der Waals surface area contributed by atoms with Crippen molar-refractivity contribution in [1.82, 2.24) is 0 Å². The van der Waals surface area contributed by atoms with Crippen molar-refractivity contribution in [2.24, 2.45) is 11.7 Å². The molecule has 2 N–H and O–H groups in total. The van der Waals surface area contributed by atoms with Gasteiger partial charge in [-0.2, -0.15) is 0 Å². The number of unbranched alkanes of at least 4 members (excludes halogenated alkanes) is 7. The normalized spacial score (nSPS) is 26.9. The van der Waals surface area contributed by atoms with Crippen LogP contribution in [-0.4, -0.2) is 44.5 Å². The summed E-state index contributed by atoms with van der Waals surface area (Å²) in [4.78, 5) is 11.6. The molecule has 1 aliphatic rings. The standard InChI is InChI=1S/C20H37NO4/c1-4-5-6-7-8-9-10-11-12-13-17-20(25-18(22)14-21)19(23-3)16(2)15-24-17/h12-13,16-17,19-20H,4-11,14-15,21H2,1-3H3/t16-,17-,19-,20-/m0/s1. The van der Waals surface area contributed by atoms with Crippen LogP contribution in [0, 0.1) is 5.92 Å². The molecule has 0 aromatic carbocycles. The van der Waals surface area contributed by atoms with Crippen LogP contribution in [-0.2, 0) is 19.0 Å². The van der Waals surface area contributed by atoms with Gasteiger partial charge in [-0.3, -0.25) is 4.79 Å². The minimum Gasteiger partial charge on any atom is -0.455 e. The molecular formula is C20H37NO4. The zero-order valence-electron chi connectivity index (χ0n) is 16.2. The highest BCUT2D eigenvalue weighted by molar-refractivity contribution is 5.71. The van der Waals surface area contributed by atoms with Gasteiger partial charge in [0.2, 0.25) is 0 Å². The average molecular weight is 356 g/mol. The van der Waals surface area contributed by atoms with Crippen molar-refractivity contribution in [3.63, 3.8) is 0 Å². The lowest BCUT2D eigenvalue weighted by molar-refractivity contribution is -0.189. The van der Waals surface area contributed by atoms with Crippen LogP contribution >= 0.6 is 0 Å². The highest BCUT2D eigenvalue weighted by Gasteiger charge is 2.40. The summed E-state index contributed by atoms with van der Waals surface area (Å²) in [5, 5.41) is 0. The highest BCUT2D eigenvalue weighted by atomic mass is 16.6. The van der Waals surface area contributed by atoms with Crippen LogP contribution < -0.4 is 5.73 Å². The number of ether oxygens (including phenoxy) is 3. The molecule has 4 atom stereocenters. The number of carbonyl (C=O) groups is 1. The fraction of sp³-hybridized carbons (Fsp3) is 0.850. The van der Waals surface area contributed by atoms with Gasteiger partial charge in [0.1, 0.15) is 12.2 Å². The number of hydrogen-bond acceptors (Lipinski definition) is 5. The van der Waals surface area contributed by atoms with Crippen molar-refractivity contribution in [2.75, 3.05) is 20.3 Å². The maximum Gasteiger partial charge on any atom is 0.320 e. The molecule has 25 heavy (non-hydrogen) atoms. The van der Waals surface area contributed by atoms with E-state index in [0.29, 0.717) is 6.61 Å². The Labute approximate surface area is 153 Å². The summed E-state index contributed by atoms with van der Waals surface area (Å²) >= 11 is 0. The molecule has 1 saturated heterocycles. The minimum absolute atomic E-state index is 0.129. The number of rotatable bonds is 12. The minimum atomic E-state index is -0.435. The van der Waals surface area contributed by atoms with Crippen LogP contribution in [0.5, 0.6) is 0 Å². The van der Waals surface area contributed by atoms with Crippen LogP contribution in [0.1, 0.15) is 65.2 Å². The van der Waals surface area contributed by atoms with Gasteiger partial charge >= 0.3 is 5.97 Å². The topological polar surface area (TPSA) is 70.8 Å². The molecular weight excluding hydrogens is 318 g/mol. The Kier molecular flexibility index (Phi) is 11.8. The zero-order valence-corrected chi connectivity index (χ0v) is 16.2. The average Bonchev–Trinajstić information content (AvgIpc) is 2.62. The van der Waals surface area contributed by atoms with Crippen LogP contribution in [0.15, 0.2) is 12.2 Å². The second-order valence-corrected chi connectivity index (χ2v) is 6.97. The second-order valence-electron chi connectivity index (χ2n) is 6.97. The van der Waals surface area contributed by atoms with Gasteiger partial charge in [-0.05, 0) is 12.8 Å². The highest BCUT2D eigenvalue weighted by Crippen LogP contribution is 2.26. The summed E-state index contributed by atoms with van der Waals surface area (Å²) in [6, 6.07) is 0. The smallest absolute Gasteiger partial charge is 0.320 e. The third kappa shape index (κ3) is 8.34. The number of hydrogen-bond donors (Lipinski definition) is 1. The SMILES string of the molecule is CCCCCCCCCC=C[C@@H]1OC[C@H](C)[C@H](OC)[C@H]1OC(=O)CN. The third-order valence-electron chi connectivity index (χ3n) is 4.77. The molecule has 1 fully saturated rings. The quantitative estimate of drug-likeness (QED) is 0.329. The molecule has 0 unspecified atom stereocenters. The number of nitrogens with two attached hydrogens (primary N) is 1. The molecule has 0 radical (unpaired) electrons. The Bertz CT molecular complexity index is 386. The molecule has 0 aliphatic carbocycles. The monoisotopic (exact) mass is 355 g/mol. The molecule has 0 amide bonds.